The van der Waals surface area contributed by atoms with Crippen molar-refractivity contribution < 1.29 is 19.4 Å². The second-order valence-electron chi connectivity index (χ2n) is 5.04. The van der Waals surface area contributed by atoms with Crippen molar-refractivity contribution in [2.75, 3.05) is 13.2 Å². The largest absolute Gasteiger partial charge is 0.444 e. The van der Waals surface area contributed by atoms with Crippen LogP contribution in [0.2, 0.25) is 0 Å². The van der Waals surface area contributed by atoms with Crippen LogP contribution in [0.15, 0.2) is 0 Å². The van der Waals surface area contributed by atoms with Crippen molar-refractivity contribution in [1.82, 2.24) is 5.32 Å². The molecule has 0 bridgehead atoms. The number of ether oxygens (including phenoxy) is 2. The van der Waals surface area contributed by atoms with E-state index in [1.54, 1.807) is 20.8 Å². The highest BCUT2D eigenvalue weighted by atomic mass is 16.6. The van der Waals surface area contributed by atoms with Crippen LogP contribution in [0, 0.1) is 0 Å². The number of aliphatic hydroxyl groups is 1. The first kappa shape index (κ1) is 13.3. The van der Waals surface area contributed by atoms with Gasteiger partial charge in [0.2, 0.25) is 0 Å². The van der Waals surface area contributed by atoms with Crippen LogP contribution in [0.4, 0.5) is 4.79 Å². The van der Waals surface area contributed by atoms with Gasteiger partial charge in [0.05, 0.1) is 18.8 Å². The quantitative estimate of drug-likeness (QED) is 0.708. The molecule has 0 unspecified atom stereocenters. The minimum Gasteiger partial charge on any atom is -0.444 e. The zero-order valence-electron chi connectivity index (χ0n) is 10.2. The van der Waals surface area contributed by atoms with Crippen LogP contribution >= 0.6 is 0 Å². The van der Waals surface area contributed by atoms with E-state index < -0.39 is 17.8 Å². The van der Waals surface area contributed by atoms with Gasteiger partial charge in [-0.25, -0.2) is 4.79 Å². The molecule has 0 saturated carbocycles. The highest BCUT2D eigenvalue weighted by Gasteiger charge is 2.26. The maximum atomic E-state index is 11.5. The highest BCUT2D eigenvalue weighted by Crippen LogP contribution is 2.11. The molecule has 0 aliphatic carbocycles. The Balaban J connectivity index is 2.42. The fourth-order valence-electron chi connectivity index (χ4n) is 1.55. The summed E-state index contributed by atoms with van der Waals surface area (Å²) in [6.07, 6.45) is 0.395. The molecule has 1 heterocycles. The fraction of sp³-hybridized carbons (Fsp3) is 0.909. The van der Waals surface area contributed by atoms with E-state index in [0.29, 0.717) is 13.0 Å². The number of nitrogens with one attached hydrogen (secondary N) is 1. The molecule has 5 nitrogen and oxygen atoms in total. The van der Waals surface area contributed by atoms with E-state index >= 15 is 0 Å². The number of hydrogen-bond acceptors (Lipinski definition) is 4. The van der Waals surface area contributed by atoms with E-state index in [-0.39, 0.29) is 12.6 Å². The van der Waals surface area contributed by atoms with Crippen molar-refractivity contribution in [2.24, 2.45) is 0 Å². The maximum Gasteiger partial charge on any atom is 0.407 e. The topological polar surface area (TPSA) is 67.8 Å². The van der Waals surface area contributed by atoms with Gasteiger partial charge in [0.15, 0.2) is 0 Å². The minimum absolute atomic E-state index is 0.264. The lowest BCUT2D eigenvalue weighted by molar-refractivity contribution is 0.0239. The summed E-state index contributed by atoms with van der Waals surface area (Å²) in [5.74, 6) is 0. The van der Waals surface area contributed by atoms with Crippen molar-refractivity contribution in [3.8, 4) is 0 Å². The van der Waals surface area contributed by atoms with Gasteiger partial charge in [-0.15, -0.1) is 0 Å². The molecule has 1 amide bonds. The van der Waals surface area contributed by atoms with Gasteiger partial charge in [0, 0.05) is 6.61 Å². The predicted molar refractivity (Wildman–Crippen MR) is 59.2 cm³/mol. The van der Waals surface area contributed by atoms with Crippen LogP contribution in [0.5, 0.6) is 0 Å². The molecule has 5 heteroatoms. The summed E-state index contributed by atoms with van der Waals surface area (Å²) in [5, 5.41) is 12.4. The second kappa shape index (κ2) is 5.50. The molecule has 2 N–H and O–H groups in total. The summed E-state index contributed by atoms with van der Waals surface area (Å²) in [6.45, 7) is 6.31. The summed E-state index contributed by atoms with van der Waals surface area (Å²) in [5.41, 5.74) is -0.518. The molecule has 0 aromatic carbocycles. The summed E-state index contributed by atoms with van der Waals surface area (Å²) in [6, 6.07) is -0.280. The summed E-state index contributed by atoms with van der Waals surface area (Å²) in [4.78, 5) is 11.5. The molecule has 1 rings (SSSR count). The number of aliphatic hydroxyl groups excluding tert-OH is 1. The Bertz CT molecular complexity index is 237. The van der Waals surface area contributed by atoms with Crippen molar-refractivity contribution in [3.63, 3.8) is 0 Å². The zero-order valence-corrected chi connectivity index (χ0v) is 10.2. The third-order valence-corrected chi connectivity index (χ3v) is 2.26. The van der Waals surface area contributed by atoms with E-state index in [0.717, 1.165) is 6.42 Å². The van der Waals surface area contributed by atoms with E-state index in [1.807, 2.05) is 0 Å². The van der Waals surface area contributed by atoms with Gasteiger partial charge in [-0.05, 0) is 33.6 Å². The molecular formula is C11H21NO4. The zero-order chi connectivity index (χ0) is 12.2. The van der Waals surface area contributed by atoms with Crippen molar-refractivity contribution >= 4 is 6.09 Å². The summed E-state index contributed by atoms with van der Waals surface area (Å²) < 4.78 is 10.3. The number of carbonyl (C=O) groups excluding carboxylic acids is 1. The van der Waals surface area contributed by atoms with Gasteiger partial charge < -0.3 is 19.9 Å². The maximum absolute atomic E-state index is 11.5. The molecule has 1 saturated heterocycles. The van der Waals surface area contributed by atoms with Gasteiger partial charge in [0.1, 0.15) is 5.60 Å². The molecule has 16 heavy (non-hydrogen) atoms. The molecule has 1 fully saturated rings. The first-order chi connectivity index (χ1) is 7.38. The van der Waals surface area contributed by atoms with Gasteiger partial charge in [-0.3, -0.25) is 0 Å². The fourth-order valence-corrected chi connectivity index (χ4v) is 1.55. The van der Waals surface area contributed by atoms with Crippen molar-refractivity contribution in [2.45, 2.75) is 51.4 Å². The summed E-state index contributed by atoms with van der Waals surface area (Å²) in [7, 11) is 0. The van der Waals surface area contributed by atoms with Gasteiger partial charge in [-0.1, -0.05) is 0 Å². The van der Waals surface area contributed by atoms with Crippen molar-refractivity contribution in [3.05, 3.63) is 0 Å². The normalized spacial score (nSPS) is 27.0. The van der Waals surface area contributed by atoms with Crippen LogP contribution in [-0.4, -0.2) is 42.2 Å². The Morgan fingerprint density at radius 2 is 2.19 bits per heavy atom. The lowest BCUT2D eigenvalue weighted by Crippen LogP contribution is -2.46. The molecule has 2 atom stereocenters. The van der Waals surface area contributed by atoms with E-state index in [9.17, 15) is 9.90 Å². The lowest BCUT2D eigenvalue weighted by Gasteiger charge is -2.24. The van der Waals surface area contributed by atoms with Crippen LogP contribution in [-0.2, 0) is 9.47 Å². The van der Waals surface area contributed by atoms with Crippen LogP contribution in [0.3, 0.4) is 0 Å². The van der Waals surface area contributed by atoms with E-state index in [2.05, 4.69) is 5.32 Å². The lowest BCUT2D eigenvalue weighted by atomic mass is 10.1. The third kappa shape index (κ3) is 4.81. The van der Waals surface area contributed by atoms with E-state index in [4.69, 9.17) is 9.47 Å². The van der Waals surface area contributed by atoms with Gasteiger partial charge in [-0.2, -0.15) is 0 Å². The molecular weight excluding hydrogens is 210 g/mol. The predicted octanol–water partition coefficient (Wildman–Crippen LogP) is 1.05. The van der Waals surface area contributed by atoms with Crippen LogP contribution in [0.1, 0.15) is 33.6 Å². The van der Waals surface area contributed by atoms with E-state index in [1.165, 1.54) is 0 Å². The molecule has 94 valence electrons. The number of alkyl carbamates (subject to hydrolysis) is 1. The van der Waals surface area contributed by atoms with Crippen molar-refractivity contribution in [1.29, 1.82) is 0 Å². The Hall–Kier alpha value is -0.810. The molecule has 1 aliphatic rings. The molecule has 1 aliphatic heterocycles. The monoisotopic (exact) mass is 231 g/mol. The smallest absolute Gasteiger partial charge is 0.407 e. The summed E-state index contributed by atoms with van der Waals surface area (Å²) >= 11 is 0. The standard InChI is InChI=1S/C11H21NO4/c1-11(2,3)16-10(14)12-8-5-4-6-15-7-9(8)13/h8-9,13H,4-7H2,1-3H3,(H,12,14)/t8-,9+/m0/s1. The SMILES string of the molecule is CC(C)(C)OC(=O)N[C@H]1CCCOC[C@H]1O. The van der Waals surface area contributed by atoms with Gasteiger partial charge >= 0.3 is 6.09 Å². The Morgan fingerprint density at radius 1 is 1.50 bits per heavy atom. The number of carbonyl (C=O) groups is 1. The number of rotatable bonds is 1. The minimum atomic E-state index is -0.657. The molecule has 0 spiro atoms. The third-order valence-electron chi connectivity index (χ3n) is 2.26. The highest BCUT2D eigenvalue weighted by molar-refractivity contribution is 5.68. The first-order valence-electron chi connectivity index (χ1n) is 5.64. The van der Waals surface area contributed by atoms with Gasteiger partial charge in [0.25, 0.3) is 0 Å². The van der Waals surface area contributed by atoms with Crippen LogP contribution < -0.4 is 5.32 Å². The number of amides is 1. The average Bonchev–Trinajstić information content (AvgIpc) is 2.29. The molecule has 0 aromatic heterocycles. The van der Waals surface area contributed by atoms with Crippen LogP contribution in [0.25, 0.3) is 0 Å². The molecule has 0 radical (unpaired) electrons. The number of hydrogen-bond donors (Lipinski definition) is 2. The Morgan fingerprint density at radius 3 is 2.81 bits per heavy atom. The first-order valence-corrected chi connectivity index (χ1v) is 5.64. The average molecular weight is 231 g/mol. The molecule has 0 aromatic rings. The second-order valence-corrected chi connectivity index (χ2v) is 5.04. The Kier molecular flexibility index (Phi) is 4.56. The Labute approximate surface area is 96.1 Å².